The molecule has 2 aliphatic rings. The molecule has 0 saturated heterocycles. The van der Waals surface area contributed by atoms with Crippen LogP contribution in [0.4, 0.5) is 0 Å². The molecule has 1 aliphatic heterocycles. The van der Waals surface area contributed by atoms with Crippen molar-refractivity contribution < 1.29 is 23.8 Å². The van der Waals surface area contributed by atoms with Gasteiger partial charge in [0.15, 0.2) is 6.10 Å². The van der Waals surface area contributed by atoms with E-state index >= 15 is 0 Å². The van der Waals surface area contributed by atoms with E-state index < -0.39 is 12.1 Å². The van der Waals surface area contributed by atoms with Gasteiger partial charge in [-0.2, -0.15) is 0 Å². The Bertz CT molecular complexity index is 1120. The van der Waals surface area contributed by atoms with E-state index in [1.54, 1.807) is 12.1 Å². The summed E-state index contributed by atoms with van der Waals surface area (Å²) in [6.07, 6.45) is 2.02. The summed E-state index contributed by atoms with van der Waals surface area (Å²) in [5.74, 6) is 0.277. The highest BCUT2D eigenvalue weighted by Crippen LogP contribution is 2.42. The van der Waals surface area contributed by atoms with Gasteiger partial charge in [0.2, 0.25) is 0 Å². The number of fused-ring (bicyclic) bond motifs is 2. The molecule has 0 bridgehead atoms. The molecule has 0 N–H and O–H groups in total. The van der Waals surface area contributed by atoms with Crippen LogP contribution in [-0.4, -0.2) is 29.7 Å². The fourth-order valence-electron chi connectivity index (χ4n) is 4.14. The van der Waals surface area contributed by atoms with Crippen molar-refractivity contribution in [2.75, 3.05) is 7.11 Å². The topological polar surface area (TPSA) is 66.8 Å². The van der Waals surface area contributed by atoms with Crippen molar-refractivity contribution in [1.82, 2.24) is 4.57 Å². The van der Waals surface area contributed by atoms with Crippen molar-refractivity contribution in [3.8, 4) is 11.5 Å². The summed E-state index contributed by atoms with van der Waals surface area (Å²) in [5, 5.41) is 0.738. The maximum Gasteiger partial charge on any atom is 0.353 e. The molecule has 1 atom stereocenters. The van der Waals surface area contributed by atoms with Crippen molar-refractivity contribution in [3.63, 3.8) is 0 Å². The van der Waals surface area contributed by atoms with Crippen LogP contribution < -0.4 is 9.47 Å². The minimum absolute atomic E-state index is 0.384. The van der Waals surface area contributed by atoms with Gasteiger partial charge in [0, 0.05) is 29.1 Å². The molecule has 1 fully saturated rings. The van der Waals surface area contributed by atoms with E-state index in [1.807, 2.05) is 37.3 Å². The number of hydrogen-bond acceptors (Lipinski definition) is 5. The number of rotatable bonds is 4. The molecule has 2 heterocycles. The number of benzene rings is 2. The molecule has 6 nitrogen and oxygen atoms in total. The van der Waals surface area contributed by atoms with Crippen LogP contribution in [0.2, 0.25) is 0 Å². The number of para-hydroxylation sites is 1. The Morgan fingerprint density at radius 3 is 2.66 bits per heavy atom. The van der Waals surface area contributed by atoms with E-state index in [2.05, 4.69) is 4.57 Å². The number of hydrogen-bond donors (Lipinski definition) is 0. The summed E-state index contributed by atoms with van der Waals surface area (Å²) in [4.78, 5) is 25.1. The minimum atomic E-state index is -0.666. The monoisotopic (exact) mass is 391 g/mol. The van der Waals surface area contributed by atoms with E-state index in [1.165, 1.54) is 7.11 Å². The molecule has 0 spiro atoms. The first-order chi connectivity index (χ1) is 14.1. The van der Waals surface area contributed by atoms with Gasteiger partial charge in [-0.15, -0.1) is 0 Å². The van der Waals surface area contributed by atoms with Gasteiger partial charge in [-0.05, 0) is 49.6 Å². The standard InChI is InChI=1S/C23H21NO5/c1-13-21(23(26)27-2)17-12-16(9-10-18(17)24(13)15-7-8-15)28-22(25)20-11-14-5-3-4-6-19(14)29-20/h3-6,9-10,12,15,20H,7-8,11H2,1-2H3. The summed E-state index contributed by atoms with van der Waals surface area (Å²) < 4.78 is 18.5. The second-order valence-electron chi connectivity index (χ2n) is 7.57. The van der Waals surface area contributed by atoms with Crippen molar-refractivity contribution in [3.05, 3.63) is 59.3 Å². The SMILES string of the molecule is COC(=O)c1c(C)n(C2CC2)c2ccc(OC(=O)C3Cc4ccccc4O3)cc12. The van der Waals surface area contributed by atoms with Gasteiger partial charge >= 0.3 is 11.9 Å². The first-order valence-electron chi connectivity index (χ1n) is 9.76. The minimum Gasteiger partial charge on any atom is -0.478 e. The number of esters is 2. The largest absolute Gasteiger partial charge is 0.478 e. The Kier molecular flexibility index (Phi) is 4.08. The van der Waals surface area contributed by atoms with Gasteiger partial charge in [0.05, 0.1) is 12.7 Å². The molecule has 0 radical (unpaired) electrons. The normalized spacial score (nSPS) is 17.7. The van der Waals surface area contributed by atoms with Gasteiger partial charge in [0.1, 0.15) is 11.5 Å². The summed E-state index contributed by atoms with van der Waals surface area (Å²) in [7, 11) is 1.38. The maximum absolute atomic E-state index is 12.6. The molecular weight excluding hydrogens is 370 g/mol. The average molecular weight is 391 g/mol. The zero-order valence-electron chi connectivity index (χ0n) is 16.3. The third kappa shape index (κ3) is 2.95. The molecule has 3 aromatic rings. The summed E-state index contributed by atoms with van der Waals surface area (Å²) in [6.45, 7) is 1.93. The van der Waals surface area contributed by atoms with Crippen molar-refractivity contribution in [2.45, 2.75) is 38.3 Å². The fraction of sp³-hybridized carbons (Fsp3) is 0.304. The highest BCUT2D eigenvalue weighted by Gasteiger charge is 2.32. The third-order valence-corrected chi connectivity index (χ3v) is 5.65. The zero-order valence-corrected chi connectivity index (χ0v) is 16.3. The third-order valence-electron chi connectivity index (χ3n) is 5.65. The van der Waals surface area contributed by atoms with Gasteiger partial charge < -0.3 is 18.8 Å². The van der Waals surface area contributed by atoms with Gasteiger partial charge in [-0.3, -0.25) is 0 Å². The van der Waals surface area contributed by atoms with Crippen LogP contribution in [0.3, 0.4) is 0 Å². The molecule has 1 unspecified atom stereocenters. The van der Waals surface area contributed by atoms with Gasteiger partial charge in [-0.25, -0.2) is 9.59 Å². The van der Waals surface area contributed by atoms with Crippen molar-refractivity contribution >= 4 is 22.8 Å². The number of methoxy groups -OCH3 is 1. The van der Waals surface area contributed by atoms with E-state index in [0.717, 1.165) is 40.8 Å². The first kappa shape index (κ1) is 17.8. The highest BCUT2D eigenvalue weighted by atomic mass is 16.6. The first-order valence-corrected chi connectivity index (χ1v) is 9.76. The van der Waals surface area contributed by atoms with Crippen LogP contribution in [-0.2, 0) is 16.0 Å². The van der Waals surface area contributed by atoms with Crippen LogP contribution in [0, 0.1) is 6.92 Å². The number of nitrogens with zero attached hydrogens (tertiary/aromatic N) is 1. The van der Waals surface area contributed by atoms with Crippen LogP contribution in [0.1, 0.15) is 40.5 Å². The number of carbonyl (C=O) groups excluding carboxylic acids is 2. The van der Waals surface area contributed by atoms with E-state index in [0.29, 0.717) is 23.8 Å². The Balaban J connectivity index is 1.45. The molecule has 1 saturated carbocycles. The number of ether oxygens (including phenoxy) is 3. The lowest BCUT2D eigenvalue weighted by molar-refractivity contribution is -0.141. The molecule has 1 aromatic heterocycles. The Labute approximate surface area is 168 Å². The summed E-state index contributed by atoms with van der Waals surface area (Å²) >= 11 is 0. The Hall–Kier alpha value is -3.28. The molecule has 2 aromatic carbocycles. The Morgan fingerprint density at radius 2 is 1.93 bits per heavy atom. The van der Waals surface area contributed by atoms with Crippen molar-refractivity contribution in [1.29, 1.82) is 0 Å². The van der Waals surface area contributed by atoms with Gasteiger partial charge in [-0.1, -0.05) is 18.2 Å². The highest BCUT2D eigenvalue weighted by molar-refractivity contribution is 6.06. The Morgan fingerprint density at radius 1 is 1.14 bits per heavy atom. The van der Waals surface area contributed by atoms with E-state index in [9.17, 15) is 9.59 Å². The number of aromatic nitrogens is 1. The average Bonchev–Trinajstić information content (AvgIpc) is 3.38. The van der Waals surface area contributed by atoms with Crippen LogP contribution in [0.15, 0.2) is 42.5 Å². The predicted molar refractivity (Wildman–Crippen MR) is 106 cm³/mol. The predicted octanol–water partition coefficient (Wildman–Crippen LogP) is 3.98. The lowest BCUT2D eigenvalue weighted by atomic mass is 10.1. The van der Waals surface area contributed by atoms with Gasteiger partial charge in [0.25, 0.3) is 0 Å². The second-order valence-corrected chi connectivity index (χ2v) is 7.57. The summed E-state index contributed by atoms with van der Waals surface area (Å²) in [5.41, 5.74) is 3.36. The van der Waals surface area contributed by atoms with Crippen LogP contribution >= 0.6 is 0 Å². The fourth-order valence-corrected chi connectivity index (χ4v) is 4.14. The van der Waals surface area contributed by atoms with E-state index in [-0.39, 0.29) is 5.97 Å². The zero-order chi connectivity index (χ0) is 20.1. The summed E-state index contributed by atoms with van der Waals surface area (Å²) in [6, 6.07) is 13.4. The molecule has 148 valence electrons. The maximum atomic E-state index is 12.6. The van der Waals surface area contributed by atoms with Crippen LogP contribution in [0.25, 0.3) is 10.9 Å². The van der Waals surface area contributed by atoms with Crippen molar-refractivity contribution in [2.24, 2.45) is 0 Å². The number of carbonyl (C=O) groups is 2. The lowest BCUT2D eigenvalue weighted by Crippen LogP contribution is -2.29. The lowest BCUT2D eigenvalue weighted by Gasteiger charge is -2.11. The quantitative estimate of drug-likeness (QED) is 0.497. The second kappa shape index (κ2) is 6.65. The molecular formula is C23H21NO5. The van der Waals surface area contributed by atoms with E-state index in [4.69, 9.17) is 14.2 Å². The smallest absolute Gasteiger partial charge is 0.353 e. The molecule has 1 aliphatic carbocycles. The molecule has 6 heteroatoms. The molecule has 29 heavy (non-hydrogen) atoms. The molecule has 0 amide bonds. The van der Waals surface area contributed by atoms with Crippen LogP contribution in [0.5, 0.6) is 11.5 Å². The molecule has 5 rings (SSSR count).